The normalized spacial score (nSPS) is 18.5. The van der Waals surface area contributed by atoms with Gasteiger partial charge in [0.15, 0.2) is 0 Å². The number of aryl methyl sites for hydroxylation is 1. The van der Waals surface area contributed by atoms with Crippen molar-refractivity contribution in [3.63, 3.8) is 0 Å². The van der Waals surface area contributed by atoms with Crippen LogP contribution in [0.5, 0.6) is 5.75 Å². The minimum atomic E-state index is -0.319. The van der Waals surface area contributed by atoms with Crippen LogP contribution in [0.3, 0.4) is 0 Å². The summed E-state index contributed by atoms with van der Waals surface area (Å²) >= 11 is 5.88. The summed E-state index contributed by atoms with van der Waals surface area (Å²) in [5.41, 5.74) is 2.80. The van der Waals surface area contributed by atoms with Crippen LogP contribution in [0.15, 0.2) is 48.5 Å². The van der Waals surface area contributed by atoms with Crippen LogP contribution in [0.4, 0.5) is 0 Å². The Morgan fingerprint density at radius 2 is 1.96 bits per heavy atom. The van der Waals surface area contributed by atoms with Gasteiger partial charge in [-0.2, -0.15) is 0 Å². The Labute approximate surface area is 153 Å². The molecule has 3 rings (SSSR count). The molecule has 0 radical (unpaired) electrons. The van der Waals surface area contributed by atoms with Gasteiger partial charge in [-0.3, -0.25) is 4.79 Å². The van der Waals surface area contributed by atoms with Gasteiger partial charge in [0, 0.05) is 23.1 Å². The first-order valence-electron chi connectivity index (χ1n) is 8.36. The second kappa shape index (κ2) is 6.93. The summed E-state index contributed by atoms with van der Waals surface area (Å²) in [6.45, 7) is 6.12. The Bertz CT molecular complexity index is 809. The lowest BCUT2D eigenvalue weighted by atomic mass is 9.89. The molecule has 3 nitrogen and oxygen atoms in total. The number of nitrogens with one attached hydrogen (secondary N) is 1. The average molecular weight is 356 g/mol. The third kappa shape index (κ3) is 4.43. The van der Waals surface area contributed by atoms with Crippen molar-refractivity contribution in [2.45, 2.75) is 38.8 Å². The highest BCUT2D eigenvalue weighted by atomic mass is 35.5. The zero-order chi connectivity index (χ0) is 18.0. The van der Waals surface area contributed by atoms with Crippen LogP contribution in [-0.2, 0) is 4.79 Å². The lowest BCUT2D eigenvalue weighted by Crippen LogP contribution is -2.41. The lowest BCUT2D eigenvalue weighted by molar-refractivity contribution is -0.117. The molecule has 2 aromatic carbocycles. The predicted molar refractivity (Wildman–Crippen MR) is 102 cm³/mol. The van der Waals surface area contributed by atoms with Crippen molar-refractivity contribution >= 4 is 23.6 Å². The van der Waals surface area contributed by atoms with Gasteiger partial charge < -0.3 is 10.1 Å². The van der Waals surface area contributed by atoms with Gasteiger partial charge in [0.05, 0.1) is 6.04 Å². The van der Waals surface area contributed by atoms with E-state index < -0.39 is 0 Å². The first kappa shape index (κ1) is 17.6. The van der Waals surface area contributed by atoms with Crippen LogP contribution in [0.25, 0.3) is 6.08 Å². The maximum atomic E-state index is 12.4. The smallest absolute Gasteiger partial charge is 0.244 e. The fraction of sp³-hybridized carbons (Fsp3) is 0.286. The molecule has 2 aromatic rings. The molecule has 1 heterocycles. The minimum Gasteiger partial charge on any atom is -0.487 e. The predicted octanol–water partition coefficient (Wildman–Crippen LogP) is 5.08. The number of hydrogen-bond donors (Lipinski definition) is 1. The van der Waals surface area contributed by atoms with Gasteiger partial charge in [-0.15, -0.1) is 0 Å². The molecule has 0 aliphatic carbocycles. The first-order chi connectivity index (χ1) is 11.8. The number of benzene rings is 2. The van der Waals surface area contributed by atoms with Crippen molar-refractivity contribution in [3.05, 3.63) is 70.3 Å². The molecule has 1 atom stereocenters. The van der Waals surface area contributed by atoms with E-state index in [0.29, 0.717) is 5.02 Å². The summed E-state index contributed by atoms with van der Waals surface area (Å²) in [4.78, 5) is 12.4. The van der Waals surface area contributed by atoms with Crippen LogP contribution in [0, 0.1) is 6.92 Å². The van der Waals surface area contributed by atoms with Crippen LogP contribution in [0.1, 0.15) is 43.0 Å². The fourth-order valence-corrected chi connectivity index (χ4v) is 3.19. The zero-order valence-electron chi connectivity index (χ0n) is 14.7. The first-order valence-corrected chi connectivity index (χ1v) is 8.74. The van der Waals surface area contributed by atoms with Crippen molar-refractivity contribution in [3.8, 4) is 5.75 Å². The summed E-state index contributed by atoms with van der Waals surface area (Å²) in [6, 6.07) is 13.4. The molecule has 1 N–H and O–H groups in total. The van der Waals surface area contributed by atoms with Gasteiger partial charge in [0.1, 0.15) is 11.4 Å². The van der Waals surface area contributed by atoms with Crippen molar-refractivity contribution < 1.29 is 9.53 Å². The summed E-state index contributed by atoms with van der Waals surface area (Å²) in [5, 5.41) is 3.79. The summed E-state index contributed by atoms with van der Waals surface area (Å²) in [7, 11) is 0. The van der Waals surface area contributed by atoms with E-state index in [1.807, 2.05) is 45.0 Å². The van der Waals surface area contributed by atoms with Crippen molar-refractivity contribution in [2.75, 3.05) is 0 Å². The van der Waals surface area contributed by atoms with Gasteiger partial charge in [-0.25, -0.2) is 0 Å². The van der Waals surface area contributed by atoms with Crippen molar-refractivity contribution in [1.29, 1.82) is 0 Å². The third-order valence-corrected chi connectivity index (χ3v) is 4.49. The highest BCUT2D eigenvalue weighted by Gasteiger charge is 2.34. The van der Waals surface area contributed by atoms with E-state index in [1.54, 1.807) is 24.3 Å². The van der Waals surface area contributed by atoms with Crippen LogP contribution in [0.2, 0.25) is 5.02 Å². The lowest BCUT2D eigenvalue weighted by Gasteiger charge is -2.38. The molecule has 25 heavy (non-hydrogen) atoms. The van der Waals surface area contributed by atoms with E-state index in [9.17, 15) is 4.79 Å². The molecule has 1 aliphatic heterocycles. The van der Waals surface area contributed by atoms with E-state index in [0.717, 1.165) is 28.9 Å². The number of halogens is 1. The number of carbonyl (C=O) groups is 1. The number of carbonyl (C=O) groups excluding carboxylic acids is 1. The molecule has 0 aromatic heterocycles. The van der Waals surface area contributed by atoms with Crippen molar-refractivity contribution in [2.24, 2.45) is 0 Å². The monoisotopic (exact) mass is 355 g/mol. The van der Waals surface area contributed by atoms with E-state index in [2.05, 4.69) is 11.4 Å². The third-order valence-electron chi connectivity index (χ3n) is 4.24. The second-order valence-electron chi connectivity index (χ2n) is 7.05. The Balaban J connectivity index is 1.76. The Kier molecular flexibility index (Phi) is 4.87. The largest absolute Gasteiger partial charge is 0.487 e. The van der Waals surface area contributed by atoms with E-state index in [-0.39, 0.29) is 17.6 Å². The van der Waals surface area contributed by atoms with Gasteiger partial charge in [0.25, 0.3) is 0 Å². The van der Waals surface area contributed by atoms with E-state index >= 15 is 0 Å². The van der Waals surface area contributed by atoms with Gasteiger partial charge in [-0.05, 0) is 50.6 Å². The van der Waals surface area contributed by atoms with Crippen LogP contribution < -0.4 is 10.1 Å². The molecule has 0 spiro atoms. The standard InChI is InChI=1S/C21H22ClNO2/c1-14-4-10-19-17(12-14)18(13-21(2,3)25-19)23-20(24)11-7-15-5-8-16(22)9-6-15/h4-12,18H,13H2,1-3H3,(H,23,24)/b11-7+/t18-/m1/s1. The maximum Gasteiger partial charge on any atom is 0.244 e. The van der Waals surface area contributed by atoms with Gasteiger partial charge in [0.2, 0.25) is 5.91 Å². The molecule has 130 valence electrons. The summed E-state index contributed by atoms with van der Waals surface area (Å²) < 4.78 is 6.04. The highest BCUT2D eigenvalue weighted by Crippen LogP contribution is 2.39. The topological polar surface area (TPSA) is 38.3 Å². The van der Waals surface area contributed by atoms with Crippen LogP contribution >= 0.6 is 11.6 Å². The van der Waals surface area contributed by atoms with Crippen molar-refractivity contribution in [1.82, 2.24) is 5.32 Å². The highest BCUT2D eigenvalue weighted by molar-refractivity contribution is 6.30. The minimum absolute atomic E-state index is 0.0685. The molecule has 0 bridgehead atoms. The maximum absolute atomic E-state index is 12.4. The zero-order valence-corrected chi connectivity index (χ0v) is 15.4. The SMILES string of the molecule is Cc1ccc2c(c1)[C@H](NC(=O)/C=C/c1ccc(Cl)cc1)CC(C)(C)O2. The molecular weight excluding hydrogens is 334 g/mol. The Morgan fingerprint density at radius 1 is 1.24 bits per heavy atom. The molecule has 4 heteroatoms. The number of ether oxygens (including phenoxy) is 1. The quantitative estimate of drug-likeness (QED) is 0.779. The summed E-state index contributed by atoms with van der Waals surface area (Å²) in [5.74, 6) is 0.721. The van der Waals surface area contributed by atoms with Gasteiger partial charge in [-0.1, -0.05) is 41.4 Å². The number of fused-ring (bicyclic) bond motifs is 1. The second-order valence-corrected chi connectivity index (χ2v) is 7.49. The van der Waals surface area contributed by atoms with E-state index in [1.165, 1.54) is 0 Å². The number of amides is 1. The molecule has 0 saturated carbocycles. The van der Waals surface area contributed by atoms with Gasteiger partial charge >= 0.3 is 0 Å². The Morgan fingerprint density at radius 3 is 2.68 bits per heavy atom. The molecule has 1 amide bonds. The molecule has 0 fully saturated rings. The average Bonchev–Trinajstić information content (AvgIpc) is 2.54. The Hall–Kier alpha value is -2.26. The molecular formula is C21H22ClNO2. The summed E-state index contributed by atoms with van der Waals surface area (Å²) in [6.07, 6.45) is 4.07. The molecule has 0 saturated heterocycles. The number of hydrogen-bond acceptors (Lipinski definition) is 2. The van der Waals surface area contributed by atoms with E-state index in [4.69, 9.17) is 16.3 Å². The molecule has 1 aliphatic rings. The molecule has 0 unspecified atom stereocenters. The van der Waals surface area contributed by atoms with Crippen LogP contribution in [-0.4, -0.2) is 11.5 Å². The fourth-order valence-electron chi connectivity index (χ4n) is 3.07. The number of rotatable bonds is 3.